The molecule has 0 aliphatic rings. The van der Waals surface area contributed by atoms with E-state index >= 15 is 0 Å². The Morgan fingerprint density at radius 1 is 1.24 bits per heavy atom. The number of anilines is 1. The number of fused-ring (bicyclic) bond motifs is 1. The maximum atomic E-state index is 12.4. The molecule has 0 bridgehead atoms. The molecule has 0 aliphatic carbocycles. The number of halogens is 4. The van der Waals surface area contributed by atoms with E-state index in [1.165, 1.54) is 6.33 Å². The maximum absolute atomic E-state index is 12.4. The molecule has 3 N–H and O–H groups in total. The van der Waals surface area contributed by atoms with E-state index in [0.717, 1.165) is 6.20 Å². The molecule has 0 aliphatic heterocycles. The van der Waals surface area contributed by atoms with E-state index in [-0.39, 0.29) is 17.7 Å². The lowest BCUT2D eigenvalue weighted by Gasteiger charge is -2.05. The number of H-pyrrole nitrogens is 2. The predicted octanol–water partition coefficient (Wildman–Crippen LogP) is 2.36. The van der Waals surface area contributed by atoms with Crippen molar-refractivity contribution in [3.63, 3.8) is 0 Å². The normalized spacial score (nSPS) is 12.0. The van der Waals surface area contributed by atoms with Crippen molar-refractivity contribution in [1.82, 2.24) is 29.9 Å². The largest absolute Gasteiger partial charge is 0.432 e. The molecule has 0 unspecified atom stereocenters. The number of aromatic nitrogens is 6. The molecule has 0 saturated carbocycles. The zero-order valence-electron chi connectivity index (χ0n) is 10.2. The van der Waals surface area contributed by atoms with Gasteiger partial charge in [-0.25, -0.2) is 9.97 Å². The van der Waals surface area contributed by atoms with Crippen molar-refractivity contribution in [3.8, 4) is 0 Å². The molecule has 11 heteroatoms. The fourth-order valence-corrected chi connectivity index (χ4v) is 1.86. The van der Waals surface area contributed by atoms with Crippen molar-refractivity contribution in [3.05, 3.63) is 29.3 Å². The average molecular weight is 318 g/mol. The van der Waals surface area contributed by atoms with Crippen molar-refractivity contribution < 1.29 is 13.2 Å². The van der Waals surface area contributed by atoms with Crippen LogP contribution < -0.4 is 5.32 Å². The fraction of sp³-hybridized carbons (Fsp3) is 0.200. The molecule has 0 fully saturated rings. The van der Waals surface area contributed by atoms with E-state index in [1.54, 1.807) is 0 Å². The van der Waals surface area contributed by atoms with Gasteiger partial charge in [-0.3, -0.25) is 0 Å². The van der Waals surface area contributed by atoms with Crippen LogP contribution in [-0.4, -0.2) is 29.9 Å². The minimum Gasteiger partial charge on any atom is -0.361 e. The van der Waals surface area contributed by atoms with Crippen LogP contribution in [0.4, 0.5) is 19.0 Å². The number of nitrogens with one attached hydrogen (secondary N) is 3. The zero-order chi connectivity index (χ0) is 15.0. The molecule has 3 aromatic heterocycles. The molecule has 0 atom stereocenters. The summed E-state index contributed by atoms with van der Waals surface area (Å²) in [5.74, 6) is 0.442. The van der Waals surface area contributed by atoms with Gasteiger partial charge in [-0.15, -0.1) is 0 Å². The predicted molar refractivity (Wildman–Crippen MR) is 67.6 cm³/mol. The van der Waals surface area contributed by atoms with E-state index in [9.17, 15) is 13.2 Å². The van der Waals surface area contributed by atoms with Crippen molar-refractivity contribution in [1.29, 1.82) is 0 Å². The quantitative estimate of drug-likeness (QED) is 0.645. The van der Waals surface area contributed by atoms with Crippen LogP contribution in [0.2, 0.25) is 5.28 Å². The second-order valence-electron chi connectivity index (χ2n) is 4.04. The third-order valence-electron chi connectivity index (χ3n) is 2.62. The number of nitrogens with zero attached hydrogens (tertiary/aromatic N) is 4. The van der Waals surface area contributed by atoms with Gasteiger partial charge in [0.15, 0.2) is 11.5 Å². The van der Waals surface area contributed by atoms with Crippen LogP contribution in [0.25, 0.3) is 11.2 Å². The highest BCUT2D eigenvalue weighted by Gasteiger charge is 2.32. The molecule has 7 nitrogen and oxygen atoms in total. The first-order valence-corrected chi connectivity index (χ1v) is 6.03. The van der Waals surface area contributed by atoms with Gasteiger partial charge in [0.25, 0.3) is 0 Å². The molecule has 0 radical (unpaired) electrons. The molecule has 0 amide bonds. The van der Waals surface area contributed by atoms with Gasteiger partial charge < -0.3 is 15.3 Å². The lowest BCUT2D eigenvalue weighted by Crippen LogP contribution is -2.07. The molecule has 110 valence electrons. The van der Waals surface area contributed by atoms with Gasteiger partial charge in [0.2, 0.25) is 5.28 Å². The third kappa shape index (κ3) is 2.75. The highest BCUT2D eigenvalue weighted by molar-refractivity contribution is 6.28. The van der Waals surface area contributed by atoms with Gasteiger partial charge >= 0.3 is 6.18 Å². The molecule has 0 aromatic carbocycles. The van der Waals surface area contributed by atoms with Gasteiger partial charge in [0.05, 0.1) is 19.1 Å². The minimum absolute atomic E-state index is 0.0115. The Hall–Kier alpha value is -2.36. The highest BCUT2D eigenvalue weighted by atomic mass is 35.5. The van der Waals surface area contributed by atoms with Gasteiger partial charge in [0.1, 0.15) is 17.0 Å². The average Bonchev–Trinajstić information content (AvgIpc) is 3.03. The Balaban J connectivity index is 1.80. The molecule has 3 rings (SSSR count). The second-order valence-corrected chi connectivity index (χ2v) is 4.38. The van der Waals surface area contributed by atoms with Crippen LogP contribution in [0.15, 0.2) is 12.5 Å². The Kier molecular flexibility index (Phi) is 3.16. The van der Waals surface area contributed by atoms with E-state index in [4.69, 9.17) is 11.6 Å². The van der Waals surface area contributed by atoms with Gasteiger partial charge in [-0.2, -0.15) is 23.1 Å². The lowest BCUT2D eigenvalue weighted by molar-refractivity contribution is -0.140. The lowest BCUT2D eigenvalue weighted by atomic mass is 10.4. The summed E-state index contributed by atoms with van der Waals surface area (Å²) in [6, 6.07) is 0. The van der Waals surface area contributed by atoms with Crippen LogP contribution in [-0.2, 0) is 12.7 Å². The smallest absolute Gasteiger partial charge is 0.361 e. The minimum atomic E-state index is -4.46. The first-order valence-electron chi connectivity index (χ1n) is 5.65. The molecule has 3 aromatic rings. The van der Waals surface area contributed by atoms with Crippen LogP contribution in [0, 0.1) is 0 Å². The van der Waals surface area contributed by atoms with Crippen LogP contribution >= 0.6 is 11.6 Å². The van der Waals surface area contributed by atoms with Crippen molar-refractivity contribution in [2.75, 3.05) is 5.32 Å². The Bertz CT molecular complexity index is 778. The molecular weight excluding hydrogens is 311 g/mol. The standard InChI is InChI=1S/C10H7ClF3N7/c11-9-20-7(6-8(21-9)18-3-17-6)16-2-5-15-1-4(19-5)10(12,13)14/h1,3H,2H2,(H,15,19)(H2,16,17,18,20,21). The fourth-order valence-electron chi connectivity index (χ4n) is 1.70. The Labute approximate surface area is 120 Å². The monoisotopic (exact) mass is 317 g/mol. The third-order valence-corrected chi connectivity index (χ3v) is 2.78. The summed E-state index contributed by atoms with van der Waals surface area (Å²) in [6.07, 6.45) is -2.31. The molecule has 21 heavy (non-hydrogen) atoms. The van der Waals surface area contributed by atoms with Gasteiger partial charge in [-0.05, 0) is 11.6 Å². The highest BCUT2D eigenvalue weighted by Crippen LogP contribution is 2.27. The maximum Gasteiger partial charge on any atom is 0.432 e. The molecule has 0 saturated heterocycles. The molecule has 3 heterocycles. The first-order chi connectivity index (χ1) is 9.93. The van der Waals surface area contributed by atoms with E-state index < -0.39 is 11.9 Å². The van der Waals surface area contributed by atoms with E-state index in [1.807, 2.05) is 0 Å². The number of aromatic amines is 2. The summed E-state index contributed by atoms with van der Waals surface area (Å²) in [7, 11) is 0. The van der Waals surface area contributed by atoms with Gasteiger partial charge in [-0.1, -0.05) is 0 Å². The van der Waals surface area contributed by atoms with E-state index in [0.29, 0.717) is 17.0 Å². The number of hydrogen-bond donors (Lipinski definition) is 3. The first kappa shape index (κ1) is 13.6. The summed E-state index contributed by atoms with van der Waals surface area (Å²) in [4.78, 5) is 20.4. The van der Waals surface area contributed by atoms with E-state index in [2.05, 4.69) is 35.2 Å². The van der Waals surface area contributed by atoms with Gasteiger partial charge in [0, 0.05) is 0 Å². The summed E-state index contributed by atoms with van der Waals surface area (Å²) < 4.78 is 37.3. The summed E-state index contributed by atoms with van der Waals surface area (Å²) >= 11 is 5.74. The second kappa shape index (κ2) is 4.88. The summed E-state index contributed by atoms with van der Waals surface area (Å²) in [5, 5.41) is 2.81. The van der Waals surface area contributed by atoms with Crippen molar-refractivity contribution in [2.45, 2.75) is 12.7 Å². The Morgan fingerprint density at radius 2 is 2.05 bits per heavy atom. The molecule has 0 spiro atoms. The number of alkyl halides is 3. The van der Waals surface area contributed by atoms with Crippen molar-refractivity contribution >= 4 is 28.6 Å². The summed E-state index contributed by atoms with van der Waals surface area (Å²) in [6.45, 7) is 0.0115. The molecular formula is C10H7ClF3N7. The number of hydrogen-bond acceptors (Lipinski definition) is 5. The SMILES string of the molecule is FC(F)(F)c1cnc(CNc2nc(Cl)nc3nc[nH]c23)[nH]1. The number of imidazole rings is 2. The summed E-state index contributed by atoms with van der Waals surface area (Å²) in [5.41, 5.74) is -0.0540. The number of rotatable bonds is 3. The topological polar surface area (TPSA) is 95.2 Å². The van der Waals surface area contributed by atoms with Crippen LogP contribution in [0.5, 0.6) is 0 Å². The van der Waals surface area contributed by atoms with Crippen LogP contribution in [0.3, 0.4) is 0 Å². The van der Waals surface area contributed by atoms with Crippen LogP contribution in [0.1, 0.15) is 11.5 Å². The van der Waals surface area contributed by atoms with Crippen molar-refractivity contribution in [2.24, 2.45) is 0 Å². The zero-order valence-corrected chi connectivity index (χ0v) is 10.9. The Morgan fingerprint density at radius 3 is 2.76 bits per heavy atom.